The molecule has 0 saturated carbocycles. The van der Waals surface area contributed by atoms with E-state index < -0.39 is 0 Å². The van der Waals surface area contributed by atoms with E-state index in [0.717, 1.165) is 50.6 Å². The van der Waals surface area contributed by atoms with Crippen LogP contribution >= 0.6 is 0 Å². The fourth-order valence-electron chi connectivity index (χ4n) is 4.77. The zero-order chi connectivity index (χ0) is 33.3. The van der Waals surface area contributed by atoms with Gasteiger partial charge in [0.05, 0.1) is 11.2 Å². The Morgan fingerprint density at radius 3 is 1.50 bits per heavy atom. The minimum absolute atomic E-state index is 0. The van der Waals surface area contributed by atoms with E-state index in [0.29, 0.717) is 0 Å². The van der Waals surface area contributed by atoms with Crippen LogP contribution in [0.4, 0.5) is 0 Å². The second kappa shape index (κ2) is 16.7. The van der Waals surface area contributed by atoms with Gasteiger partial charge in [0.1, 0.15) is 0 Å². The minimum atomic E-state index is -0.355. The summed E-state index contributed by atoms with van der Waals surface area (Å²) in [5.41, 5.74) is 8.32. The van der Waals surface area contributed by atoms with Crippen LogP contribution in [0.15, 0.2) is 128 Å². The standard InChI is InChI=1S/C17H19BNO2.2C12H10N.Ir/c1-16(2)17(3,4)21-18(20-16)14-9-7-8-13(12-14)15-10-5-6-11-19-15;2*1-10-6-5-9-12(13-10)11-7-3-2-4-8-11;/h5-7,9-12H,1-4H3;2*2-7,9H,1H3;/q3*-1;+3. The van der Waals surface area contributed by atoms with E-state index >= 15 is 0 Å². The van der Waals surface area contributed by atoms with Crippen LogP contribution in [-0.4, -0.2) is 33.3 Å². The Labute approximate surface area is 299 Å². The number of aromatic nitrogens is 3. The van der Waals surface area contributed by atoms with Gasteiger partial charge >= 0.3 is 27.2 Å². The van der Waals surface area contributed by atoms with E-state index in [2.05, 4.69) is 60.8 Å². The van der Waals surface area contributed by atoms with Crippen LogP contribution in [0.3, 0.4) is 0 Å². The zero-order valence-corrected chi connectivity index (χ0v) is 30.6. The largest absolute Gasteiger partial charge is 3.00 e. The molecule has 1 fully saturated rings. The van der Waals surface area contributed by atoms with Crippen LogP contribution in [0.5, 0.6) is 0 Å². The monoisotopic (exact) mass is 809 g/mol. The molecule has 4 heterocycles. The van der Waals surface area contributed by atoms with Crippen molar-refractivity contribution in [2.24, 2.45) is 0 Å². The van der Waals surface area contributed by atoms with Crippen LogP contribution in [0, 0.1) is 32.0 Å². The van der Waals surface area contributed by atoms with E-state index in [-0.39, 0.29) is 38.4 Å². The fourth-order valence-corrected chi connectivity index (χ4v) is 4.77. The summed E-state index contributed by atoms with van der Waals surface area (Å²) in [6, 6.07) is 49.0. The van der Waals surface area contributed by atoms with Gasteiger partial charge in [-0.3, -0.25) is 0 Å². The van der Waals surface area contributed by atoms with Gasteiger partial charge < -0.3 is 24.3 Å². The first-order chi connectivity index (χ1) is 22.6. The molecule has 48 heavy (non-hydrogen) atoms. The molecule has 5 nitrogen and oxygen atoms in total. The SMILES string of the molecule is CC1(C)OB(c2cc[c-]c(-c3ccccn3)c2)OC1(C)C.Cc1cccc(-c2[c-]cccc2)n1.Cc1cccc(-c2[c-]cccc2)n1.[Ir+3]. The average molecular weight is 809 g/mol. The van der Waals surface area contributed by atoms with E-state index in [4.69, 9.17) is 9.31 Å². The quantitative estimate of drug-likeness (QED) is 0.132. The summed E-state index contributed by atoms with van der Waals surface area (Å²) >= 11 is 0. The van der Waals surface area contributed by atoms with Gasteiger partial charge in [-0.1, -0.05) is 36.4 Å². The van der Waals surface area contributed by atoms with Crippen molar-refractivity contribution in [1.82, 2.24) is 15.0 Å². The molecule has 0 amide bonds. The van der Waals surface area contributed by atoms with Gasteiger partial charge in [0.2, 0.25) is 0 Å². The van der Waals surface area contributed by atoms with Crippen molar-refractivity contribution in [3.63, 3.8) is 0 Å². The summed E-state index contributed by atoms with van der Waals surface area (Å²) in [6.07, 6.45) is 1.78. The third-order valence-corrected chi connectivity index (χ3v) is 8.04. The van der Waals surface area contributed by atoms with E-state index in [1.807, 2.05) is 135 Å². The molecule has 3 aromatic heterocycles. The molecule has 0 aliphatic carbocycles. The summed E-state index contributed by atoms with van der Waals surface area (Å²) in [5.74, 6) is 0. The number of hydrogen-bond donors (Lipinski definition) is 0. The van der Waals surface area contributed by atoms with Crippen molar-refractivity contribution < 1.29 is 29.4 Å². The number of pyridine rings is 3. The van der Waals surface area contributed by atoms with Gasteiger partial charge in [0.15, 0.2) is 0 Å². The first-order valence-corrected chi connectivity index (χ1v) is 15.7. The molecule has 1 aliphatic heterocycles. The maximum atomic E-state index is 6.08. The third-order valence-electron chi connectivity index (χ3n) is 8.04. The second-order valence-electron chi connectivity index (χ2n) is 12.2. The summed E-state index contributed by atoms with van der Waals surface area (Å²) in [7, 11) is -0.355. The molecule has 0 atom stereocenters. The zero-order valence-electron chi connectivity index (χ0n) is 28.2. The van der Waals surface area contributed by atoms with Gasteiger partial charge in [-0.2, -0.15) is 0 Å². The molecule has 7 rings (SSSR count). The molecule has 6 aromatic rings. The molecule has 7 heteroatoms. The molecule has 0 N–H and O–H groups in total. The van der Waals surface area contributed by atoms with Gasteiger partial charge in [0, 0.05) is 17.6 Å². The van der Waals surface area contributed by atoms with E-state index in [9.17, 15) is 0 Å². The van der Waals surface area contributed by atoms with Crippen molar-refractivity contribution in [3.05, 3.63) is 157 Å². The van der Waals surface area contributed by atoms with Crippen molar-refractivity contribution in [3.8, 4) is 33.8 Å². The molecular weight excluding hydrogens is 769 g/mol. The Kier molecular flexibility index (Phi) is 12.7. The Morgan fingerprint density at radius 2 is 1.04 bits per heavy atom. The minimum Gasteiger partial charge on any atom is -0.400 e. The molecule has 0 bridgehead atoms. The molecule has 0 radical (unpaired) electrons. The molecule has 1 saturated heterocycles. The third kappa shape index (κ3) is 9.65. The normalized spacial score (nSPS) is 14.0. The smallest absolute Gasteiger partial charge is 0.400 e. The Bertz CT molecular complexity index is 1770. The summed E-state index contributed by atoms with van der Waals surface area (Å²) in [5, 5.41) is 0. The molecule has 242 valence electrons. The number of nitrogens with zero attached hydrogens (tertiary/aromatic N) is 3. The molecular formula is C41H39BIrN3O2. The summed E-state index contributed by atoms with van der Waals surface area (Å²) in [6.45, 7) is 12.2. The molecule has 3 aromatic carbocycles. The van der Waals surface area contributed by atoms with Crippen LogP contribution in [0.25, 0.3) is 33.8 Å². The number of hydrogen-bond acceptors (Lipinski definition) is 5. The van der Waals surface area contributed by atoms with Crippen LogP contribution in [-0.2, 0) is 29.4 Å². The summed E-state index contributed by atoms with van der Waals surface area (Å²) < 4.78 is 12.2. The van der Waals surface area contributed by atoms with Crippen molar-refractivity contribution in [2.45, 2.75) is 52.7 Å². The number of rotatable bonds is 4. The van der Waals surface area contributed by atoms with E-state index in [1.165, 1.54) is 0 Å². The Balaban J connectivity index is 0.000000168. The number of aryl methyl sites for hydroxylation is 2. The van der Waals surface area contributed by atoms with Crippen molar-refractivity contribution >= 4 is 12.6 Å². The van der Waals surface area contributed by atoms with Crippen LogP contribution in [0.1, 0.15) is 39.1 Å². The number of benzene rings is 3. The maximum absolute atomic E-state index is 6.08. The van der Waals surface area contributed by atoms with Gasteiger partial charge in [0.25, 0.3) is 0 Å². The van der Waals surface area contributed by atoms with Crippen molar-refractivity contribution in [2.75, 3.05) is 0 Å². The predicted octanol–water partition coefficient (Wildman–Crippen LogP) is 8.56. The van der Waals surface area contributed by atoms with Crippen LogP contribution < -0.4 is 5.46 Å². The predicted molar refractivity (Wildman–Crippen MR) is 191 cm³/mol. The Hall–Kier alpha value is -4.26. The Morgan fingerprint density at radius 1 is 0.542 bits per heavy atom. The van der Waals surface area contributed by atoms with Crippen molar-refractivity contribution in [1.29, 1.82) is 0 Å². The van der Waals surface area contributed by atoms with Gasteiger partial charge in [-0.05, 0) is 76.8 Å². The summed E-state index contributed by atoms with van der Waals surface area (Å²) in [4.78, 5) is 13.2. The first-order valence-electron chi connectivity index (χ1n) is 15.7. The van der Waals surface area contributed by atoms with Gasteiger partial charge in [-0.25, -0.2) is 0 Å². The first kappa shape index (κ1) is 36.6. The molecule has 0 spiro atoms. The van der Waals surface area contributed by atoms with Gasteiger partial charge in [-0.15, -0.1) is 107 Å². The topological polar surface area (TPSA) is 57.1 Å². The molecule has 0 unspecified atom stereocenters. The molecule has 1 aliphatic rings. The average Bonchev–Trinajstić information content (AvgIpc) is 3.32. The second-order valence-corrected chi connectivity index (χ2v) is 12.2. The van der Waals surface area contributed by atoms with Crippen LogP contribution in [0.2, 0.25) is 0 Å². The maximum Gasteiger partial charge on any atom is 3.00 e. The van der Waals surface area contributed by atoms with E-state index in [1.54, 1.807) is 6.20 Å². The fraction of sp³-hybridized carbons (Fsp3) is 0.195.